The van der Waals surface area contributed by atoms with Crippen LogP contribution in [0.15, 0.2) is 29.2 Å². The molecule has 2 heterocycles. The van der Waals surface area contributed by atoms with E-state index in [1.54, 1.807) is 20.8 Å². The summed E-state index contributed by atoms with van der Waals surface area (Å²) in [5.74, 6) is -0.106. The quantitative estimate of drug-likeness (QED) is 0.675. The minimum absolute atomic E-state index is 0.0214. The van der Waals surface area contributed by atoms with Gasteiger partial charge in [-0.1, -0.05) is 0 Å². The lowest BCUT2D eigenvalue weighted by atomic mass is 10.1. The van der Waals surface area contributed by atoms with Crippen molar-refractivity contribution in [3.63, 3.8) is 0 Å². The number of aromatic nitrogens is 2. The summed E-state index contributed by atoms with van der Waals surface area (Å²) < 4.78 is 33.4. The van der Waals surface area contributed by atoms with Gasteiger partial charge in [0.15, 0.2) is 5.82 Å². The highest BCUT2D eigenvalue weighted by Gasteiger charge is 2.30. The maximum absolute atomic E-state index is 12.8. The first-order valence-corrected chi connectivity index (χ1v) is 10.9. The normalized spacial score (nSPS) is 14.1. The number of nitrogens with zero attached hydrogens (tertiary/aromatic N) is 2. The molecule has 2 amide bonds. The number of rotatable bonds is 4. The highest BCUT2D eigenvalue weighted by Crippen LogP contribution is 2.27. The summed E-state index contributed by atoms with van der Waals surface area (Å²) in [6.07, 6.45) is 0.0473. The van der Waals surface area contributed by atoms with E-state index in [4.69, 9.17) is 4.74 Å². The van der Waals surface area contributed by atoms with Gasteiger partial charge in [-0.15, -0.1) is 0 Å². The molecule has 0 unspecified atom stereocenters. The van der Waals surface area contributed by atoms with Crippen LogP contribution >= 0.6 is 0 Å². The fraction of sp³-hybridized carbons (Fsp3) is 0.421. The Kier molecular flexibility index (Phi) is 5.75. The van der Waals surface area contributed by atoms with E-state index < -0.39 is 21.7 Å². The lowest BCUT2D eigenvalue weighted by Crippen LogP contribution is -2.40. The zero-order valence-electron chi connectivity index (χ0n) is 17.3. The number of hydrogen-bond acceptors (Lipinski definition) is 6. The van der Waals surface area contributed by atoms with Crippen LogP contribution in [0.1, 0.15) is 39.0 Å². The molecule has 162 valence electrons. The number of amides is 2. The number of nitrogens with one attached hydrogen (secondary N) is 3. The average Bonchev–Trinajstić information content (AvgIpc) is 3.02. The summed E-state index contributed by atoms with van der Waals surface area (Å²) in [7, 11) is -3.91. The van der Waals surface area contributed by atoms with E-state index in [1.807, 2.05) is 0 Å². The summed E-state index contributed by atoms with van der Waals surface area (Å²) in [4.78, 5) is 25.0. The third kappa shape index (κ3) is 5.09. The summed E-state index contributed by atoms with van der Waals surface area (Å²) in [5.41, 5.74) is 1.24. The zero-order chi connectivity index (χ0) is 22.1. The number of fused-ring (bicyclic) bond motifs is 1. The predicted octanol–water partition coefficient (Wildman–Crippen LogP) is 2.46. The van der Waals surface area contributed by atoms with Gasteiger partial charge in [0.1, 0.15) is 5.60 Å². The predicted molar refractivity (Wildman–Crippen MR) is 110 cm³/mol. The second-order valence-electron chi connectivity index (χ2n) is 7.99. The van der Waals surface area contributed by atoms with E-state index in [9.17, 15) is 18.0 Å². The van der Waals surface area contributed by atoms with Crippen molar-refractivity contribution in [2.75, 3.05) is 16.6 Å². The van der Waals surface area contributed by atoms with Crippen molar-refractivity contribution < 1.29 is 22.7 Å². The minimum Gasteiger partial charge on any atom is -0.444 e. The first-order valence-electron chi connectivity index (χ1n) is 9.39. The van der Waals surface area contributed by atoms with Crippen LogP contribution in [0.3, 0.4) is 0 Å². The molecule has 0 saturated heterocycles. The van der Waals surface area contributed by atoms with E-state index in [0.29, 0.717) is 24.2 Å². The highest BCUT2D eigenvalue weighted by atomic mass is 32.2. The number of sulfonamides is 1. The van der Waals surface area contributed by atoms with E-state index in [1.165, 1.54) is 36.1 Å². The molecule has 1 aliphatic rings. The van der Waals surface area contributed by atoms with Gasteiger partial charge >= 0.3 is 6.09 Å². The molecule has 0 fully saturated rings. The number of carbonyl (C=O) groups is 2. The SMILES string of the molecule is CC(=O)Nc1ccc(S(=O)(=O)Nc2n[nH]c3c2CN(C(=O)OC(C)(C)C)CC3)cc1. The minimum atomic E-state index is -3.91. The molecule has 30 heavy (non-hydrogen) atoms. The van der Waals surface area contributed by atoms with Gasteiger partial charge in [0.25, 0.3) is 10.0 Å². The van der Waals surface area contributed by atoms with Gasteiger partial charge in [-0.25, -0.2) is 13.2 Å². The van der Waals surface area contributed by atoms with E-state index in [2.05, 4.69) is 20.2 Å². The second-order valence-corrected chi connectivity index (χ2v) is 9.67. The van der Waals surface area contributed by atoms with Crippen LogP contribution in [-0.4, -0.2) is 47.7 Å². The van der Waals surface area contributed by atoms with Crippen molar-refractivity contribution in [2.45, 2.75) is 51.2 Å². The molecule has 0 atom stereocenters. The molecule has 3 N–H and O–H groups in total. The Labute approximate surface area is 175 Å². The van der Waals surface area contributed by atoms with Crippen LogP contribution in [0.4, 0.5) is 16.3 Å². The van der Waals surface area contributed by atoms with Crippen molar-refractivity contribution in [3.8, 4) is 0 Å². The monoisotopic (exact) mass is 435 g/mol. The first-order chi connectivity index (χ1) is 13.9. The zero-order valence-corrected chi connectivity index (χ0v) is 18.1. The standard InChI is InChI=1S/C19H25N5O5S/c1-12(25)20-13-5-7-14(8-6-13)30(27,28)23-17-15-11-24(10-9-16(15)21-22-17)18(26)29-19(2,3)4/h5-8H,9-11H2,1-4H3,(H,20,25)(H2,21,22,23). The smallest absolute Gasteiger partial charge is 0.410 e. The number of carbonyl (C=O) groups excluding carboxylic acids is 2. The Hall–Kier alpha value is -3.08. The largest absolute Gasteiger partial charge is 0.444 e. The summed E-state index contributed by atoms with van der Waals surface area (Å²) in [5, 5.41) is 9.50. The van der Waals surface area contributed by atoms with Crippen LogP contribution < -0.4 is 10.0 Å². The van der Waals surface area contributed by atoms with Crippen molar-refractivity contribution in [3.05, 3.63) is 35.5 Å². The summed E-state index contributed by atoms with van der Waals surface area (Å²) in [6.45, 7) is 7.35. The first kappa shape index (κ1) is 21.6. The maximum atomic E-state index is 12.8. The number of anilines is 2. The van der Waals surface area contributed by atoms with Crippen LogP contribution in [0, 0.1) is 0 Å². The van der Waals surface area contributed by atoms with Gasteiger partial charge in [0, 0.05) is 36.8 Å². The van der Waals surface area contributed by atoms with Crippen LogP contribution in [0.25, 0.3) is 0 Å². The second kappa shape index (κ2) is 7.98. The number of hydrogen-bond donors (Lipinski definition) is 3. The molecule has 1 aliphatic heterocycles. The topological polar surface area (TPSA) is 133 Å². The van der Waals surface area contributed by atoms with Crippen LogP contribution in [0.5, 0.6) is 0 Å². The molecule has 1 aromatic heterocycles. The Morgan fingerprint density at radius 2 is 1.87 bits per heavy atom. The molecular weight excluding hydrogens is 410 g/mol. The van der Waals surface area contributed by atoms with Crippen molar-refractivity contribution in [1.29, 1.82) is 0 Å². The molecule has 0 saturated carbocycles. The number of H-pyrrole nitrogens is 1. The number of benzene rings is 1. The molecule has 11 heteroatoms. The third-order valence-corrected chi connectivity index (χ3v) is 5.66. The molecule has 0 radical (unpaired) electrons. The summed E-state index contributed by atoms with van der Waals surface area (Å²) >= 11 is 0. The fourth-order valence-electron chi connectivity index (χ4n) is 2.97. The Morgan fingerprint density at radius 3 is 2.47 bits per heavy atom. The highest BCUT2D eigenvalue weighted by molar-refractivity contribution is 7.92. The van der Waals surface area contributed by atoms with E-state index in [-0.39, 0.29) is 23.2 Å². The van der Waals surface area contributed by atoms with Crippen LogP contribution in [-0.2, 0) is 32.5 Å². The molecule has 3 rings (SSSR count). The Balaban J connectivity index is 1.76. The van der Waals surface area contributed by atoms with Crippen molar-refractivity contribution in [1.82, 2.24) is 15.1 Å². The molecule has 0 spiro atoms. The lowest BCUT2D eigenvalue weighted by Gasteiger charge is -2.30. The van der Waals surface area contributed by atoms with E-state index in [0.717, 1.165) is 5.69 Å². The molecular formula is C19H25N5O5S. The maximum Gasteiger partial charge on any atom is 0.410 e. The van der Waals surface area contributed by atoms with Crippen molar-refractivity contribution in [2.24, 2.45) is 0 Å². The average molecular weight is 436 g/mol. The third-order valence-electron chi connectivity index (χ3n) is 4.30. The molecule has 0 aliphatic carbocycles. The molecule has 0 bridgehead atoms. The van der Waals surface area contributed by atoms with Crippen LogP contribution in [0.2, 0.25) is 0 Å². The fourth-order valence-corrected chi connectivity index (χ4v) is 4.00. The van der Waals surface area contributed by atoms with Crippen molar-refractivity contribution >= 4 is 33.5 Å². The molecule has 2 aromatic rings. The van der Waals surface area contributed by atoms with Gasteiger partial charge in [0.2, 0.25) is 5.91 Å². The number of ether oxygens (including phenoxy) is 1. The lowest BCUT2D eigenvalue weighted by molar-refractivity contribution is -0.114. The van der Waals surface area contributed by atoms with Gasteiger partial charge in [-0.3, -0.25) is 14.6 Å². The Morgan fingerprint density at radius 1 is 1.20 bits per heavy atom. The van der Waals surface area contributed by atoms with Gasteiger partial charge in [0.05, 0.1) is 11.4 Å². The number of aromatic amines is 1. The van der Waals surface area contributed by atoms with E-state index >= 15 is 0 Å². The van der Waals surface area contributed by atoms with Gasteiger partial charge in [-0.05, 0) is 45.0 Å². The van der Waals surface area contributed by atoms with Gasteiger partial charge < -0.3 is 15.0 Å². The van der Waals surface area contributed by atoms with Gasteiger partial charge in [-0.2, -0.15) is 5.10 Å². The Bertz CT molecular complexity index is 1050. The summed E-state index contributed by atoms with van der Waals surface area (Å²) in [6, 6.07) is 5.78. The molecule has 1 aromatic carbocycles. The molecule has 10 nitrogen and oxygen atoms in total.